The summed E-state index contributed by atoms with van der Waals surface area (Å²) in [6, 6.07) is 7.91. The molecule has 1 aromatic rings. The predicted molar refractivity (Wildman–Crippen MR) is 105 cm³/mol. The second-order valence-corrected chi connectivity index (χ2v) is 6.67. The maximum absolute atomic E-state index is 12.6. The highest BCUT2D eigenvalue weighted by atomic mass is 16.2. The second kappa shape index (κ2) is 10.2. The summed E-state index contributed by atoms with van der Waals surface area (Å²) in [6.07, 6.45) is 1.83. The molecule has 3 amide bonds. The lowest BCUT2D eigenvalue weighted by molar-refractivity contribution is -0.132. The van der Waals surface area contributed by atoms with Crippen molar-refractivity contribution in [2.45, 2.75) is 33.6 Å². The Hall–Kier alpha value is -2.08. The van der Waals surface area contributed by atoms with Gasteiger partial charge in [0, 0.05) is 45.0 Å². The van der Waals surface area contributed by atoms with Crippen LogP contribution in [0.5, 0.6) is 0 Å². The number of carbonyl (C=O) groups is 2. The number of carbonyl (C=O) groups excluding carboxylic acids is 2. The third-order valence-electron chi connectivity index (χ3n) is 4.94. The molecule has 0 unspecified atom stereocenters. The van der Waals surface area contributed by atoms with Gasteiger partial charge in [-0.3, -0.25) is 9.69 Å². The van der Waals surface area contributed by atoms with E-state index < -0.39 is 0 Å². The summed E-state index contributed by atoms with van der Waals surface area (Å²) in [7, 11) is 0. The highest BCUT2D eigenvalue weighted by Gasteiger charge is 2.21. The van der Waals surface area contributed by atoms with E-state index in [4.69, 9.17) is 0 Å². The number of urea groups is 1. The molecule has 6 heteroatoms. The van der Waals surface area contributed by atoms with Gasteiger partial charge in [-0.05, 0) is 44.4 Å². The summed E-state index contributed by atoms with van der Waals surface area (Å²) in [5.74, 6) is 0.171. The van der Waals surface area contributed by atoms with Crippen LogP contribution in [0.15, 0.2) is 24.3 Å². The fourth-order valence-electron chi connectivity index (χ4n) is 3.27. The molecule has 26 heavy (non-hydrogen) atoms. The van der Waals surface area contributed by atoms with Gasteiger partial charge in [-0.2, -0.15) is 0 Å². The van der Waals surface area contributed by atoms with E-state index in [1.54, 1.807) is 0 Å². The Labute approximate surface area is 157 Å². The standard InChI is InChI=1S/C20H32N4O2/c1-4-17-9-7-10-18(15-17)21-20(26)24-12-8-11-22(13-14-24)16-19(25)23(5-2)6-3/h7,9-10,15H,4-6,8,11-14,16H2,1-3H3,(H,21,26). The third-order valence-corrected chi connectivity index (χ3v) is 4.94. The first-order valence-electron chi connectivity index (χ1n) is 9.72. The molecule has 1 fully saturated rings. The van der Waals surface area contributed by atoms with Crippen LogP contribution in [0.2, 0.25) is 0 Å². The minimum Gasteiger partial charge on any atom is -0.342 e. The number of hydrogen-bond donors (Lipinski definition) is 1. The number of hydrogen-bond acceptors (Lipinski definition) is 3. The molecule has 2 rings (SSSR count). The van der Waals surface area contributed by atoms with Crippen molar-refractivity contribution >= 4 is 17.6 Å². The van der Waals surface area contributed by atoms with Crippen molar-refractivity contribution in [2.24, 2.45) is 0 Å². The summed E-state index contributed by atoms with van der Waals surface area (Å²) in [4.78, 5) is 30.7. The monoisotopic (exact) mass is 360 g/mol. The zero-order valence-electron chi connectivity index (χ0n) is 16.3. The Morgan fingerprint density at radius 1 is 1.08 bits per heavy atom. The van der Waals surface area contributed by atoms with E-state index in [-0.39, 0.29) is 11.9 Å². The number of amides is 3. The number of aryl methyl sites for hydroxylation is 1. The van der Waals surface area contributed by atoms with Crippen molar-refractivity contribution in [3.05, 3.63) is 29.8 Å². The van der Waals surface area contributed by atoms with Gasteiger partial charge in [0.15, 0.2) is 0 Å². The van der Waals surface area contributed by atoms with Crippen LogP contribution in [-0.4, -0.2) is 72.5 Å². The van der Waals surface area contributed by atoms with Crippen molar-refractivity contribution in [2.75, 3.05) is 51.1 Å². The molecule has 144 valence electrons. The number of rotatable bonds is 6. The number of likely N-dealkylation sites (N-methyl/N-ethyl adjacent to an activating group) is 1. The normalized spacial score (nSPS) is 15.4. The molecule has 1 aromatic carbocycles. The van der Waals surface area contributed by atoms with Gasteiger partial charge in [-0.15, -0.1) is 0 Å². The van der Waals surface area contributed by atoms with Crippen molar-refractivity contribution in [3.63, 3.8) is 0 Å². The van der Waals surface area contributed by atoms with Gasteiger partial charge >= 0.3 is 6.03 Å². The Bertz CT molecular complexity index is 601. The molecule has 0 radical (unpaired) electrons. The Morgan fingerprint density at radius 2 is 1.85 bits per heavy atom. The first kappa shape index (κ1) is 20.2. The SMILES string of the molecule is CCc1cccc(NC(=O)N2CCCN(CC(=O)N(CC)CC)CC2)c1. The quantitative estimate of drug-likeness (QED) is 0.848. The molecule has 0 bridgehead atoms. The molecular formula is C20H32N4O2. The molecule has 0 aromatic heterocycles. The number of anilines is 1. The van der Waals surface area contributed by atoms with E-state index in [1.807, 2.05) is 41.8 Å². The van der Waals surface area contributed by atoms with Crippen LogP contribution in [0.4, 0.5) is 10.5 Å². The van der Waals surface area contributed by atoms with Crippen LogP contribution in [0, 0.1) is 0 Å². The number of nitrogens with one attached hydrogen (secondary N) is 1. The van der Waals surface area contributed by atoms with E-state index in [2.05, 4.69) is 23.2 Å². The average molecular weight is 361 g/mol. The van der Waals surface area contributed by atoms with Crippen molar-refractivity contribution < 1.29 is 9.59 Å². The van der Waals surface area contributed by atoms with Crippen molar-refractivity contribution in [1.82, 2.24) is 14.7 Å². The summed E-state index contributed by atoms with van der Waals surface area (Å²) in [5, 5.41) is 3.00. The molecule has 1 N–H and O–H groups in total. The van der Waals surface area contributed by atoms with Gasteiger partial charge in [-0.25, -0.2) is 4.79 Å². The molecule has 1 aliphatic rings. The first-order valence-corrected chi connectivity index (χ1v) is 9.72. The summed E-state index contributed by atoms with van der Waals surface area (Å²) >= 11 is 0. The van der Waals surface area contributed by atoms with Crippen molar-refractivity contribution in [1.29, 1.82) is 0 Å². The van der Waals surface area contributed by atoms with Crippen LogP contribution in [0.1, 0.15) is 32.8 Å². The van der Waals surface area contributed by atoms with E-state index in [0.29, 0.717) is 13.1 Å². The molecule has 0 spiro atoms. The number of nitrogens with zero attached hydrogens (tertiary/aromatic N) is 3. The third kappa shape index (κ3) is 5.73. The maximum atomic E-state index is 12.6. The van der Waals surface area contributed by atoms with Crippen LogP contribution >= 0.6 is 0 Å². The Balaban J connectivity index is 1.87. The van der Waals surface area contributed by atoms with Gasteiger partial charge in [0.2, 0.25) is 5.91 Å². The zero-order valence-corrected chi connectivity index (χ0v) is 16.3. The van der Waals surface area contributed by atoms with Gasteiger partial charge in [0.1, 0.15) is 0 Å². The molecule has 0 saturated carbocycles. The molecular weight excluding hydrogens is 328 g/mol. The van der Waals surface area contributed by atoms with E-state index in [1.165, 1.54) is 5.56 Å². The second-order valence-electron chi connectivity index (χ2n) is 6.67. The Morgan fingerprint density at radius 3 is 2.54 bits per heavy atom. The highest BCUT2D eigenvalue weighted by Crippen LogP contribution is 2.13. The van der Waals surface area contributed by atoms with E-state index >= 15 is 0 Å². The van der Waals surface area contributed by atoms with Gasteiger partial charge in [0.25, 0.3) is 0 Å². The minimum absolute atomic E-state index is 0.0600. The summed E-state index contributed by atoms with van der Waals surface area (Å²) in [6.45, 7) is 11.0. The minimum atomic E-state index is -0.0600. The summed E-state index contributed by atoms with van der Waals surface area (Å²) < 4.78 is 0. The largest absolute Gasteiger partial charge is 0.342 e. The lowest BCUT2D eigenvalue weighted by Crippen LogP contribution is -2.42. The zero-order chi connectivity index (χ0) is 18.9. The topological polar surface area (TPSA) is 55.9 Å². The van der Waals surface area contributed by atoms with Crippen LogP contribution in [0.25, 0.3) is 0 Å². The van der Waals surface area contributed by atoms with Crippen LogP contribution in [0.3, 0.4) is 0 Å². The molecule has 1 heterocycles. The molecule has 6 nitrogen and oxygen atoms in total. The maximum Gasteiger partial charge on any atom is 0.321 e. The fourth-order valence-corrected chi connectivity index (χ4v) is 3.27. The van der Waals surface area contributed by atoms with Crippen LogP contribution < -0.4 is 5.32 Å². The lowest BCUT2D eigenvalue weighted by Gasteiger charge is -2.25. The van der Waals surface area contributed by atoms with Crippen molar-refractivity contribution in [3.8, 4) is 0 Å². The molecule has 0 atom stereocenters. The molecule has 0 aliphatic carbocycles. The predicted octanol–water partition coefficient (Wildman–Crippen LogP) is 2.66. The average Bonchev–Trinajstić information content (AvgIpc) is 2.88. The van der Waals surface area contributed by atoms with Gasteiger partial charge in [0.05, 0.1) is 6.54 Å². The number of benzene rings is 1. The van der Waals surface area contributed by atoms with Gasteiger partial charge < -0.3 is 15.1 Å². The highest BCUT2D eigenvalue weighted by molar-refractivity contribution is 5.89. The fraction of sp³-hybridized carbons (Fsp3) is 0.600. The molecule has 1 aliphatic heterocycles. The van der Waals surface area contributed by atoms with E-state index in [0.717, 1.165) is 51.3 Å². The lowest BCUT2D eigenvalue weighted by atomic mass is 10.1. The summed E-state index contributed by atoms with van der Waals surface area (Å²) in [5.41, 5.74) is 2.05. The first-order chi connectivity index (χ1) is 12.6. The smallest absolute Gasteiger partial charge is 0.321 e. The van der Waals surface area contributed by atoms with E-state index in [9.17, 15) is 9.59 Å². The Kier molecular flexibility index (Phi) is 7.91. The van der Waals surface area contributed by atoms with Gasteiger partial charge in [-0.1, -0.05) is 19.1 Å². The molecule has 1 saturated heterocycles. The van der Waals surface area contributed by atoms with Crippen LogP contribution in [-0.2, 0) is 11.2 Å².